The number of amides is 1. The molecular formula is C13H18N2O3S. The van der Waals surface area contributed by atoms with Crippen LogP contribution >= 0.6 is 11.3 Å². The fourth-order valence-corrected chi connectivity index (χ4v) is 3.19. The summed E-state index contributed by atoms with van der Waals surface area (Å²) >= 11 is 0.976. The number of hydrogen-bond acceptors (Lipinski definition) is 4. The van der Waals surface area contributed by atoms with Gasteiger partial charge >= 0.3 is 5.97 Å². The van der Waals surface area contributed by atoms with Crippen molar-refractivity contribution >= 4 is 23.2 Å². The summed E-state index contributed by atoms with van der Waals surface area (Å²) in [7, 11) is 0. The van der Waals surface area contributed by atoms with Crippen molar-refractivity contribution in [3.8, 4) is 0 Å². The van der Waals surface area contributed by atoms with Gasteiger partial charge in [-0.1, -0.05) is 20.3 Å². The first-order valence-corrected chi connectivity index (χ1v) is 7.25. The van der Waals surface area contributed by atoms with Gasteiger partial charge in [0, 0.05) is 11.4 Å². The number of carboxylic acid groups (broad SMARTS) is 1. The van der Waals surface area contributed by atoms with Gasteiger partial charge in [0.15, 0.2) is 0 Å². The average Bonchev–Trinajstić information content (AvgIpc) is 2.76. The normalized spacial score (nSPS) is 21.9. The van der Waals surface area contributed by atoms with Crippen molar-refractivity contribution in [2.75, 3.05) is 0 Å². The van der Waals surface area contributed by atoms with Crippen LogP contribution in [0.15, 0.2) is 5.38 Å². The fourth-order valence-electron chi connectivity index (χ4n) is 2.56. The Bertz CT molecular complexity index is 496. The van der Waals surface area contributed by atoms with E-state index in [0.29, 0.717) is 0 Å². The molecule has 5 nitrogen and oxygen atoms in total. The Morgan fingerprint density at radius 2 is 2.26 bits per heavy atom. The maximum Gasteiger partial charge on any atom is 0.365 e. The van der Waals surface area contributed by atoms with Crippen molar-refractivity contribution in [3.63, 3.8) is 0 Å². The Kier molecular flexibility index (Phi) is 3.89. The molecule has 1 aromatic heterocycles. The smallest absolute Gasteiger partial charge is 0.365 e. The minimum Gasteiger partial charge on any atom is -0.476 e. The maximum absolute atomic E-state index is 12.0. The molecule has 0 bridgehead atoms. The van der Waals surface area contributed by atoms with Crippen molar-refractivity contribution < 1.29 is 14.7 Å². The topological polar surface area (TPSA) is 79.3 Å². The molecular weight excluding hydrogens is 264 g/mol. The third-order valence-corrected chi connectivity index (χ3v) is 4.29. The third kappa shape index (κ3) is 3.53. The lowest BCUT2D eigenvalue weighted by molar-refractivity contribution is 0.0696. The van der Waals surface area contributed by atoms with Crippen LogP contribution in [0.25, 0.3) is 0 Å². The Hall–Kier alpha value is -1.43. The highest BCUT2D eigenvalue weighted by Gasteiger charge is 2.29. The van der Waals surface area contributed by atoms with E-state index in [4.69, 9.17) is 5.11 Å². The lowest BCUT2D eigenvalue weighted by Crippen LogP contribution is -2.40. The van der Waals surface area contributed by atoms with Crippen LogP contribution in [0.1, 0.15) is 59.8 Å². The largest absolute Gasteiger partial charge is 0.476 e. The van der Waals surface area contributed by atoms with Crippen molar-refractivity contribution in [2.24, 2.45) is 5.41 Å². The minimum absolute atomic E-state index is 0.0471. The van der Waals surface area contributed by atoms with Crippen molar-refractivity contribution in [3.05, 3.63) is 16.1 Å². The van der Waals surface area contributed by atoms with Crippen LogP contribution in [0.4, 0.5) is 0 Å². The molecule has 1 fully saturated rings. The second-order valence-corrected chi connectivity index (χ2v) is 6.63. The van der Waals surface area contributed by atoms with E-state index in [1.54, 1.807) is 0 Å². The Labute approximate surface area is 116 Å². The first-order chi connectivity index (χ1) is 8.87. The summed E-state index contributed by atoms with van der Waals surface area (Å²) in [5, 5.41) is 13.2. The standard InChI is InChI=1S/C13H18N2O3S/c1-13(2)5-3-4-8(6-13)14-10(16)9-7-19-11(15-9)12(17)18/h7-8H,3-6H2,1-2H3,(H,14,16)(H,17,18). The van der Waals surface area contributed by atoms with Gasteiger partial charge in [0.2, 0.25) is 5.01 Å². The van der Waals surface area contributed by atoms with Gasteiger partial charge in [0.1, 0.15) is 5.69 Å². The van der Waals surface area contributed by atoms with E-state index >= 15 is 0 Å². The molecule has 1 aliphatic carbocycles. The van der Waals surface area contributed by atoms with Gasteiger partial charge < -0.3 is 10.4 Å². The van der Waals surface area contributed by atoms with Crippen LogP contribution in [-0.4, -0.2) is 28.0 Å². The Morgan fingerprint density at radius 1 is 1.53 bits per heavy atom. The average molecular weight is 282 g/mol. The predicted molar refractivity (Wildman–Crippen MR) is 72.6 cm³/mol. The molecule has 0 saturated heterocycles. The van der Waals surface area contributed by atoms with Gasteiger partial charge in [-0.15, -0.1) is 11.3 Å². The molecule has 2 N–H and O–H groups in total. The summed E-state index contributed by atoms with van der Waals surface area (Å²) < 4.78 is 0. The summed E-state index contributed by atoms with van der Waals surface area (Å²) in [5.41, 5.74) is 0.454. The highest BCUT2D eigenvalue weighted by molar-refractivity contribution is 7.11. The molecule has 1 atom stereocenters. The number of hydrogen-bond donors (Lipinski definition) is 2. The zero-order chi connectivity index (χ0) is 14.0. The van der Waals surface area contributed by atoms with Gasteiger partial charge in [-0.2, -0.15) is 0 Å². The number of carbonyl (C=O) groups excluding carboxylic acids is 1. The number of nitrogens with zero attached hydrogens (tertiary/aromatic N) is 1. The van der Waals surface area contributed by atoms with Gasteiger partial charge in [0.05, 0.1) is 0 Å². The number of nitrogens with one attached hydrogen (secondary N) is 1. The van der Waals surface area contributed by atoms with Gasteiger partial charge in [0.25, 0.3) is 5.91 Å². The second-order valence-electron chi connectivity index (χ2n) is 5.77. The van der Waals surface area contributed by atoms with E-state index in [9.17, 15) is 9.59 Å². The van der Waals surface area contributed by atoms with Crippen molar-refractivity contribution in [1.29, 1.82) is 0 Å². The quantitative estimate of drug-likeness (QED) is 0.893. The lowest BCUT2D eigenvalue weighted by atomic mass is 9.75. The molecule has 0 aliphatic heterocycles. The van der Waals surface area contributed by atoms with E-state index in [1.807, 2.05) is 0 Å². The molecule has 1 amide bonds. The summed E-state index contributed by atoms with van der Waals surface area (Å²) in [6.45, 7) is 4.41. The number of rotatable bonds is 3. The number of thiazole rings is 1. The molecule has 2 rings (SSSR count). The first-order valence-electron chi connectivity index (χ1n) is 6.37. The van der Waals surface area contributed by atoms with Crippen LogP contribution in [0.3, 0.4) is 0 Å². The SMILES string of the molecule is CC1(C)CCCC(NC(=O)c2csc(C(=O)O)n2)C1. The van der Waals surface area contributed by atoms with Crippen LogP contribution in [-0.2, 0) is 0 Å². The molecule has 19 heavy (non-hydrogen) atoms. The van der Waals surface area contributed by atoms with E-state index < -0.39 is 5.97 Å². The summed E-state index contributed by atoms with van der Waals surface area (Å²) in [5.74, 6) is -1.37. The Balaban J connectivity index is 1.98. The van der Waals surface area contributed by atoms with Crippen LogP contribution in [0, 0.1) is 5.41 Å². The summed E-state index contributed by atoms with van der Waals surface area (Å²) in [6, 6.07) is 0.159. The fraction of sp³-hybridized carbons (Fsp3) is 0.615. The highest BCUT2D eigenvalue weighted by Crippen LogP contribution is 2.35. The molecule has 1 aromatic rings. The van der Waals surface area contributed by atoms with E-state index in [-0.39, 0.29) is 28.1 Å². The maximum atomic E-state index is 12.0. The van der Waals surface area contributed by atoms with Crippen LogP contribution in [0.2, 0.25) is 0 Å². The first kappa shape index (κ1) is 14.0. The van der Waals surface area contributed by atoms with Crippen molar-refractivity contribution in [2.45, 2.75) is 45.6 Å². The minimum atomic E-state index is -1.09. The molecule has 1 heterocycles. The van der Waals surface area contributed by atoms with E-state index in [0.717, 1.165) is 30.6 Å². The number of aromatic carboxylic acids is 1. The molecule has 104 valence electrons. The van der Waals surface area contributed by atoms with Crippen LogP contribution < -0.4 is 5.32 Å². The molecule has 0 spiro atoms. The lowest BCUT2D eigenvalue weighted by Gasteiger charge is -2.35. The molecule has 0 aromatic carbocycles. The van der Waals surface area contributed by atoms with Crippen molar-refractivity contribution in [1.82, 2.24) is 10.3 Å². The van der Waals surface area contributed by atoms with Gasteiger partial charge in [-0.3, -0.25) is 4.79 Å². The molecule has 1 saturated carbocycles. The van der Waals surface area contributed by atoms with E-state index in [1.165, 1.54) is 11.8 Å². The summed E-state index contributed by atoms with van der Waals surface area (Å²) in [4.78, 5) is 26.5. The second kappa shape index (κ2) is 5.28. The molecule has 1 aliphatic rings. The van der Waals surface area contributed by atoms with Crippen LogP contribution in [0.5, 0.6) is 0 Å². The van der Waals surface area contributed by atoms with Gasteiger partial charge in [-0.05, 0) is 24.7 Å². The van der Waals surface area contributed by atoms with E-state index in [2.05, 4.69) is 24.1 Å². The predicted octanol–water partition coefficient (Wildman–Crippen LogP) is 2.54. The Morgan fingerprint density at radius 3 is 2.84 bits per heavy atom. The highest BCUT2D eigenvalue weighted by atomic mass is 32.1. The number of aromatic nitrogens is 1. The summed E-state index contributed by atoms with van der Waals surface area (Å²) in [6.07, 6.45) is 4.22. The molecule has 6 heteroatoms. The zero-order valence-electron chi connectivity index (χ0n) is 11.1. The number of carbonyl (C=O) groups is 2. The molecule has 1 unspecified atom stereocenters. The monoisotopic (exact) mass is 282 g/mol. The third-order valence-electron chi connectivity index (χ3n) is 3.46. The van der Waals surface area contributed by atoms with Gasteiger partial charge in [-0.25, -0.2) is 9.78 Å². The zero-order valence-corrected chi connectivity index (χ0v) is 11.9. The number of carboxylic acids is 1. The molecule has 0 radical (unpaired) electrons.